The summed E-state index contributed by atoms with van der Waals surface area (Å²) in [5.41, 5.74) is 0.636. The van der Waals surface area contributed by atoms with E-state index in [1.807, 2.05) is 51.1 Å². The van der Waals surface area contributed by atoms with Crippen LogP contribution in [0, 0.1) is 0 Å². The Hall–Kier alpha value is -1.61. The van der Waals surface area contributed by atoms with Crippen LogP contribution in [0.2, 0.25) is 0 Å². The van der Waals surface area contributed by atoms with Gasteiger partial charge in [-0.3, -0.25) is 4.79 Å². The minimum absolute atomic E-state index is 0.224. The van der Waals surface area contributed by atoms with Gasteiger partial charge in [0.15, 0.2) is 0 Å². The fourth-order valence-corrected chi connectivity index (χ4v) is 1.69. The first-order valence-corrected chi connectivity index (χ1v) is 6.53. The van der Waals surface area contributed by atoms with Crippen molar-refractivity contribution in [2.45, 2.75) is 38.8 Å². The van der Waals surface area contributed by atoms with E-state index >= 15 is 0 Å². The van der Waals surface area contributed by atoms with Gasteiger partial charge >= 0.3 is 5.97 Å². The van der Waals surface area contributed by atoms with E-state index in [4.69, 9.17) is 4.74 Å². The molecule has 1 N–H and O–H groups in total. The fraction of sp³-hybridized carbons (Fsp3) is 0.438. The topological polar surface area (TPSA) is 38.3 Å². The van der Waals surface area contributed by atoms with Gasteiger partial charge in [-0.05, 0) is 32.8 Å². The highest BCUT2D eigenvalue weighted by Crippen LogP contribution is 2.11. The van der Waals surface area contributed by atoms with Crippen LogP contribution in [0.15, 0.2) is 43.0 Å². The third-order valence-electron chi connectivity index (χ3n) is 2.48. The maximum absolute atomic E-state index is 12.2. The Kier molecular flexibility index (Phi) is 5.77. The predicted molar refractivity (Wildman–Crippen MR) is 78.0 cm³/mol. The van der Waals surface area contributed by atoms with Crippen molar-refractivity contribution in [3.05, 3.63) is 48.6 Å². The van der Waals surface area contributed by atoms with E-state index in [-0.39, 0.29) is 12.0 Å². The largest absolute Gasteiger partial charge is 0.459 e. The van der Waals surface area contributed by atoms with Gasteiger partial charge in [0.25, 0.3) is 0 Å². The van der Waals surface area contributed by atoms with Crippen molar-refractivity contribution in [3.63, 3.8) is 0 Å². The van der Waals surface area contributed by atoms with Crippen molar-refractivity contribution in [1.29, 1.82) is 0 Å². The molecule has 1 aromatic rings. The molecule has 104 valence electrons. The molecule has 3 nitrogen and oxygen atoms in total. The van der Waals surface area contributed by atoms with Crippen LogP contribution in [0.3, 0.4) is 0 Å². The molecule has 0 aliphatic rings. The summed E-state index contributed by atoms with van der Waals surface area (Å²) in [6, 6.07) is 9.56. The molecule has 3 heteroatoms. The van der Waals surface area contributed by atoms with Gasteiger partial charge in [0.05, 0.1) is 0 Å². The molecule has 0 fully saturated rings. The second-order valence-corrected chi connectivity index (χ2v) is 5.47. The molecular formula is C16H23NO2. The highest BCUT2D eigenvalue weighted by Gasteiger charge is 2.24. The molecule has 0 saturated heterocycles. The highest BCUT2D eigenvalue weighted by molar-refractivity contribution is 5.76. The van der Waals surface area contributed by atoms with E-state index in [0.717, 1.165) is 5.56 Å². The van der Waals surface area contributed by atoms with Crippen LogP contribution < -0.4 is 5.32 Å². The second-order valence-electron chi connectivity index (χ2n) is 5.47. The van der Waals surface area contributed by atoms with Crippen LogP contribution in [-0.4, -0.2) is 24.2 Å². The summed E-state index contributed by atoms with van der Waals surface area (Å²) >= 11 is 0. The first-order chi connectivity index (χ1) is 8.92. The minimum atomic E-state index is -0.470. The van der Waals surface area contributed by atoms with Crippen molar-refractivity contribution in [1.82, 2.24) is 5.32 Å². The van der Waals surface area contributed by atoms with Gasteiger partial charge < -0.3 is 10.1 Å². The third kappa shape index (κ3) is 6.20. The zero-order valence-electron chi connectivity index (χ0n) is 12.0. The van der Waals surface area contributed by atoms with Gasteiger partial charge in [0, 0.05) is 6.54 Å². The van der Waals surface area contributed by atoms with Crippen molar-refractivity contribution >= 4 is 5.97 Å². The van der Waals surface area contributed by atoms with Gasteiger partial charge in [-0.15, -0.1) is 6.58 Å². The summed E-state index contributed by atoms with van der Waals surface area (Å²) < 4.78 is 5.43. The molecule has 1 aromatic carbocycles. The maximum atomic E-state index is 12.2. The lowest BCUT2D eigenvalue weighted by Crippen LogP contribution is -2.42. The number of carbonyl (C=O) groups excluding carboxylic acids is 1. The highest BCUT2D eigenvalue weighted by atomic mass is 16.6. The van der Waals surface area contributed by atoms with E-state index in [9.17, 15) is 4.79 Å². The molecule has 0 bridgehead atoms. The second kappa shape index (κ2) is 7.10. The molecule has 0 spiro atoms. The molecule has 0 heterocycles. The molecule has 0 aliphatic heterocycles. The summed E-state index contributed by atoms with van der Waals surface area (Å²) in [7, 11) is 0. The lowest BCUT2D eigenvalue weighted by molar-refractivity contribution is -0.157. The lowest BCUT2D eigenvalue weighted by Gasteiger charge is -2.24. The molecule has 0 aromatic heterocycles. The monoisotopic (exact) mass is 261 g/mol. The van der Waals surface area contributed by atoms with Gasteiger partial charge in [0.2, 0.25) is 0 Å². The molecule has 0 amide bonds. The van der Waals surface area contributed by atoms with Crippen LogP contribution >= 0.6 is 0 Å². The minimum Gasteiger partial charge on any atom is -0.459 e. The number of carbonyl (C=O) groups is 1. The summed E-state index contributed by atoms with van der Waals surface area (Å²) in [5.74, 6) is -0.224. The normalized spacial score (nSPS) is 12.8. The number of esters is 1. The molecule has 1 atom stereocenters. The van der Waals surface area contributed by atoms with Crippen molar-refractivity contribution in [2.24, 2.45) is 0 Å². The van der Waals surface area contributed by atoms with E-state index in [0.29, 0.717) is 13.0 Å². The maximum Gasteiger partial charge on any atom is 0.324 e. The Labute approximate surface area is 115 Å². The van der Waals surface area contributed by atoms with Gasteiger partial charge in [-0.1, -0.05) is 36.4 Å². The quantitative estimate of drug-likeness (QED) is 0.632. The zero-order chi connectivity index (χ0) is 14.3. The number of hydrogen-bond acceptors (Lipinski definition) is 3. The lowest BCUT2D eigenvalue weighted by atomic mass is 10.1. The number of hydrogen-bond donors (Lipinski definition) is 1. The predicted octanol–water partition coefficient (Wildman–Crippen LogP) is 2.72. The SMILES string of the molecule is C=CCN[C@@H](Cc1ccccc1)C(=O)OC(C)(C)C. The zero-order valence-corrected chi connectivity index (χ0v) is 12.0. The van der Waals surface area contributed by atoms with Crippen LogP contribution in [-0.2, 0) is 16.0 Å². The van der Waals surface area contributed by atoms with Crippen molar-refractivity contribution < 1.29 is 9.53 Å². The fourth-order valence-electron chi connectivity index (χ4n) is 1.69. The summed E-state index contributed by atoms with van der Waals surface area (Å²) in [5, 5.41) is 3.15. The van der Waals surface area contributed by atoms with Crippen LogP contribution in [0.5, 0.6) is 0 Å². The Morgan fingerprint density at radius 2 is 2.00 bits per heavy atom. The Balaban J connectivity index is 2.71. The Morgan fingerprint density at radius 3 is 2.53 bits per heavy atom. The van der Waals surface area contributed by atoms with Gasteiger partial charge in [-0.25, -0.2) is 0 Å². The standard InChI is InChI=1S/C16H23NO2/c1-5-11-17-14(15(18)19-16(2,3)4)12-13-9-7-6-8-10-13/h5-10,14,17H,1,11-12H2,2-4H3/t14-/m0/s1. The van der Waals surface area contributed by atoms with Gasteiger partial charge in [-0.2, -0.15) is 0 Å². The summed E-state index contributed by atoms with van der Waals surface area (Å²) in [6.07, 6.45) is 2.35. The van der Waals surface area contributed by atoms with Gasteiger partial charge in [0.1, 0.15) is 11.6 Å². The summed E-state index contributed by atoms with van der Waals surface area (Å²) in [6.45, 7) is 9.86. The molecule has 0 unspecified atom stereocenters. The van der Waals surface area contributed by atoms with Crippen molar-refractivity contribution in [3.8, 4) is 0 Å². The van der Waals surface area contributed by atoms with Crippen molar-refractivity contribution in [2.75, 3.05) is 6.54 Å². The first-order valence-electron chi connectivity index (χ1n) is 6.53. The van der Waals surface area contributed by atoms with Crippen LogP contribution in [0.25, 0.3) is 0 Å². The molecular weight excluding hydrogens is 238 g/mol. The molecule has 0 radical (unpaired) electrons. The smallest absolute Gasteiger partial charge is 0.324 e. The van der Waals surface area contributed by atoms with E-state index < -0.39 is 5.60 Å². The van der Waals surface area contributed by atoms with Crippen LogP contribution in [0.1, 0.15) is 26.3 Å². The van der Waals surface area contributed by atoms with E-state index in [1.165, 1.54) is 0 Å². The number of rotatable bonds is 6. The van der Waals surface area contributed by atoms with Crippen LogP contribution in [0.4, 0.5) is 0 Å². The van der Waals surface area contributed by atoms with E-state index in [1.54, 1.807) is 6.08 Å². The Morgan fingerprint density at radius 1 is 1.37 bits per heavy atom. The summed E-state index contributed by atoms with van der Waals surface area (Å²) in [4.78, 5) is 12.2. The third-order valence-corrected chi connectivity index (χ3v) is 2.48. The Bertz CT molecular complexity index is 407. The number of benzene rings is 1. The molecule has 0 saturated carbocycles. The average Bonchev–Trinajstić information content (AvgIpc) is 2.33. The molecule has 0 aliphatic carbocycles. The first kappa shape index (κ1) is 15.4. The number of ether oxygens (including phenoxy) is 1. The number of nitrogens with one attached hydrogen (secondary N) is 1. The van der Waals surface area contributed by atoms with E-state index in [2.05, 4.69) is 11.9 Å². The molecule has 19 heavy (non-hydrogen) atoms. The molecule has 1 rings (SSSR count). The average molecular weight is 261 g/mol.